The third-order valence-electron chi connectivity index (χ3n) is 5.46. The van der Waals surface area contributed by atoms with E-state index in [-0.39, 0.29) is 24.5 Å². The minimum atomic E-state index is -3.20. The number of sulfone groups is 1. The molecule has 8 heteroatoms. The van der Waals surface area contributed by atoms with Crippen LogP contribution in [0.3, 0.4) is 0 Å². The van der Waals surface area contributed by atoms with Crippen molar-refractivity contribution in [1.82, 2.24) is 0 Å². The van der Waals surface area contributed by atoms with Gasteiger partial charge in [-0.1, -0.05) is 43.0 Å². The summed E-state index contributed by atoms with van der Waals surface area (Å²) >= 11 is 6.56. The van der Waals surface area contributed by atoms with Gasteiger partial charge < -0.3 is 14.4 Å². The highest BCUT2D eigenvalue weighted by atomic mass is 35.5. The largest absolute Gasteiger partial charge is 0.454 e. The van der Waals surface area contributed by atoms with Gasteiger partial charge in [-0.25, -0.2) is 8.42 Å². The highest BCUT2D eigenvalue weighted by Crippen LogP contribution is 2.43. The quantitative estimate of drug-likeness (QED) is 0.667. The molecular formula is C22H24ClNO5S. The fourth-order valence-corrected chi connectivity index (χ4v) is 5.17. The Morgan fingerprint density at radius 2 is 1.80 bits per heavy atom. The number of hydrogen-bond donors (Lipinski definition) is 0. The highest BCUT2D eigenvalue weighted by Gasteiger charge is 2.31. The molecule has 30 heavy (non-hydrogen) atoms. The van der Waals surface area contributed by atoms with Gasteiger partial charge in [-0.05, 0) is 30.5 Å². The third kappa shape index (κ3) is 4.57. The van der Waals surface area contributed by atoms with E-state index in [0.29, 0.717) is 33.3 Å². The van der Waals surface area contributed by atoms with E-state index in [0.717, 1.165) is 32.1 Å². The maximum Gasteiger partial charge on any atom is 0.258 e. The molecule has 0 atom stereocenters. The van der Waals surface area contributed by atoms with Crippen molar-refractivity contribution >= 4 is 33.0 Å². The van der Waals surface area contributed by atoms with E-state index in [1.807, 2.05) is 0 Å². The summed E-state index contributed by atoms with van der Waals surface area (Å²) in [5.74, 6) is 0.823. The van der Waals surface area contributed by atoms with E-state index in [1.54, 1.807) is 41.3 Å². The first-order valence-corrected chi connectivity index (χ1v) is 12.4. The summed E-state index contributed by atoms with van der Waals surface area (Å²) in [6.07, 6.45) is 6.20. The van der Waals surface area contributed by atoms with Crippen LogP contribution in [-0.4, -0.2) is 33.4 Å². The summed E-state index contributed by atoms with van der Waals surface area (Å²) in [7, 11) is -3.20. The molecule has 0 aromatic heterocycles. The van der Waals surface area contributed by atoms with Crippen molar-refractivity contribution in [2.75, 3.05) is 17.9 Å². The van der Waals surface area contributed by atoms with Crippen LogP contribution in [0.1, 0.15) is 48.0 Å². The number of anilines is 1. The van der Waals surface area contributed by atoms with E-state index in [9.17, 15) is 13.2 Å². The number of benzene rings is 2. The topological polar surface area (TPSA) is 72.9 Å². The summed E-state index contributed by atoms with van der Waals surface area (Å²) in [5.41, 5.74) is 1.62. The molecule has 1 saturated carbocycles. The molecule has 0 radical (unpaired) electrons. The van der Waals surface area contributed by atoms with Gasteiger partial charge in [0, 0.05) is 30.0 Å². The summed E-state index contributed by atoms with van der Waals surface area (Å²) in [4.78, 5) is 15.4. The second-order valence-corrected chi connectivity index (χ2v) is 10.4. The van der Waals surface area contributed by atoms with Crippen LogP contribution in [0.5, 0.6) is 11.5 Å². The lowest BCUT2D eigenvalue weighted by atomic mass is 9.93. The van der Waals surface area contributed by atoms with E-state index >= 15 is 0 Å². The summed E-state index contributed by atoms with van der Waals surface area (Å²) in [5, 5.41) is 0.422. The molecule has 1 aliphatic heterocycles. The molecule has 0 spiro atoms. The molecule has 6 nitrogen and oxygen atoms in total. The maximum absolute atomic E-state index is 13.7. The third-order valence-corrected chi connectivity index (χ3v) is 6.62. The smallest absolute Gasteiger partial charge is 0.258 e. The first-order chi connectivity index (χ1) is 14.3. The zero-order chi connectivity index (χ0) is 21.3. The van der Waals surface area contributed by atoms with Crippen molar-refractivity contribution in [2.24, 2.45) is 0 Å². The van der Waals surface area contributed by atoms with Crippen LogP contribution in [0.2, 0.25) is 5.02 Å². The Morgan fingerprint density at radius 1 is 1.10 bits per heavy atom. The van der Waals surface area contributed by atoms with Crippen LogP contribution in [0.15, 0.2) is 36.4 Å². The normalized spacial score (nSPS) is 16.5. The predicted octanol–water partition coefficient (Wildman–Crippen LogP) is 4.59. The summed E-state index contributed by atoms with van der Waals surface area (Å²) in [6.45, 7) is 0.125. The number of fused-ring (bicyclic) bond motifs is 1. The van der Waals surface area contributed by atoms with Crippen molar-refractivity contribution < 1.29 is 22.7 Å². The molecule has 160 valence electrons. The van der Waals surface area contributed by atoms with Gasteiger partial charge in [0.2, 0.25) is 6.79 Å². The van der Waals surface area contributed by atoms with Crippen molar-refractivity contribution in [3.63, 3.8) is 0 Å². The van der Waals surface area contributed by atoms with Crippen LogP contribution in [-0.2, 0) is 15.6 Å². The SMILES string of the molecule is CS(=O)(=O)Cc1cccc(C(=O)N(c2cc3c(cc2Cl)OCO3)C2CCCCC2)c1. The van der Waals surface area contributed by atoms with Crippen LogP contribution < -0.4 is 14.4 Å². The minimum absolute atomic E-state index is 0.0164. The second-order valence-electron chi connectivity index (χ2n) is 7.89. The molecule has 0 saturated heterocycles. The highest BCUT2D eigenvalue weighted by molar-refractivity contribution is 7.89. The number of nitrogens with zero attached hydrogens (tertiary/aromatic N) is 1. The van der Waals surface area contributed by atoms with Crippen LogP contribution in [0, 0.1) is 0 Å². The molecule has 0 unspecified atom stereocenters. The van der Waals surface area contributed by atoms with Gasteiger partial charge in [0.25, 0.3) is 5.91 Å². The van der Waals surface area contributed by atoms with Crippen LogP contribution in [0.4, 0.5) is 5.69 Å². The monoisotopic (exact) mass is 449 g/mol. The molecule has 1 heterocycles. The van der Waals surface area contributed by atoms with Gasteiger partial charge in [-0.15, -0.1) is 0 Å². The van der Waals surface area contributed by atoms with Crippen molar-refractivity contribution in [2.45, 2.75) is 43.9 Å². The van der Waals surface area contributed by atoms with E-state index in [1.165, 1.54) is 6.26 Å². The molecule has 0 bridgehead atoms. The second kappa shape index (κ2) is 8.47. The van der Waals surface area contributed by atoms with Gasteiger partial charge in [0.05, 0.1) is 16.5 Å². The number of halogens is 1. The zero-order valence-corrected chi connectivity index (χ0v) is 18.3. The van der Waals surface area contributed by atoms with E-state index in [2.05, 4.69) is 0 Å². The van der Waals surface area contributed by atoms with Gasteiger partial charge in [0.1, 0.15) is 0 Å². The molecule has 4 rings (SSSR count). The van der Waals surface area contributed by atoms with Crippen LogP contribution in [0.25, 0.3) is 0 Å². The minimum Gasteiger partial charge on any atom is -0.454 e. The average molecular weight is 450 g/mol. The van der Waals surface area contributed by atoms with Crippen molar-refractivity contribution in [3.8, 4) is 11.5 Å². The number of hydrogen-bond acceptors (Lipinski definition) is 5. The van der Waals surface area contributed by atoms with Crippen LogP contribution >= 0.6 is 11.6 Å². The molecule has 2 aliphatic rings. The lowest BCUT2D eigenvalue weighted by Gasteiger charge is -2.35. The number of carbonyl (C=O) groups is 1. The molecule has 1 fully saturated rings. The van der Waals surface area contributed by atoms with E-state index in [4.69, 9.17) is 21.1 Å². The average Bonchev–Trinajstić information content (AvgIpc) is 3.15. The van der Waals surface area contributed by atoms with Gasteiger partial charge in [-0.2, -0.15) is 0 Å². The van der Waals surface area contributed by atoms with Crippen molar-refractivity contribution in [3.05, 3.63) is 52.5 Å². The summed E-state index contributed by atoms with van der Waals surface area (Å²) in [6, 6.07) is 10.3. The molecular weight excluding hydrogens is 426 g/mol. The Hall–Kier alpha value is -2.25. The van der Waals surface area contributed by atoms with Gasteiger partial charge >= 0.3 is 0 Å². The number of rotatable bonds is 5. The first kappa shape index (κ1) is 21.0. The Labute approximate surface area is 181 Å². The Kier molecular flexibility index (Phi) is 5.93. The maximum atomic E-state index is 13.7. The predicted molar refractivity (Wildman–Crippen MR) is 116 cm³/mol. The fourth-order valence-electron chi connectivity index (χ4n) is 4.14. The number of amides is 1. The number of ether oxygens (including phenoxy) is 2. The molecule has 1 aliphatic carbocycles. The first-order valence-electron chi connectivity index (χ1n) is 10.0. The molecule has 2 aromatic rings. The Balaban J connectivity index is 1.74. The fraction of sp³-hybridized carbons (Fsp3) is 0.409. The molecule has 1 amide bonds. The van der Waals surface area contributed by atoms with Gasteiger partial charge in [-0.3, -0.25) is 4.79 Å². The zero-order valence-electron chi connectivity index (χ0n) is 16.8. The molecule has 2 aromatic carbocycles. The molecule has 0 N–H and O–H groups in total. The Bertz CT molecular complexity index is 1060. The Morgan fingerprint density at radius 3 is 2.50 bits per heavy atom. The lowest BCUT2D eigenvalue weighted by Crippen LogP contribution is -2.42. The van der Waals surface area contributed by atoms with Gasteiger partial charge in [0.15, 0.2) is 21.3 Å². The van der Waals surface area contributed by atoms with Crippen molar-refractivity contribution in [1.29, 1.82) is 0 Å². The lowest BCUT2D eigenvalue weighted by molar-refractivity contribution is 0.0970. The van der Waals surface area contributed by atoms with E-state index < -0.39 is 9.84 Å². The summed E-state index contributed by atoms with van der Waals surface area (Å²) < 4.78 is 34.3. The standard InChI is InChI=1S/C22H24ClNO5S/c1-30(26,27)13-15-6-5-7-16(10-15)22(25)24(17-8-3-2-4-9-17)19-12-21-20(11-18(19)23)28-14-29-21/h5-7,10-12,17H,2-4,8-9,13-14H2,1H3. The number of carbonyl (C=O) groups excluding carboxylic acids is 1.